The molecule has 0 fully saturated rings. The molecule has 0 aliphatic heterocycles. The summed E-state index contributed by atoms with van der Waals surface area (Å²) in [7, 11) is 0. The van der Waals surface area contributed by atoms with Crippen molar-refractivity contribution < 1.29 is 14.3 Å². The van der Waals surface area contributed by atoms with Gasteiger partial charge >= 0.3 is 0 Å². The molecule has 1 aliphatic carbocycles. The number of primary amides is 1. The predicted molar refractivity (Wildman–Crippen MR) is 116 cm³/mol. The number of hydrogen-bond acceptors (Lipinski definition) is 4. The van der Waals surface area contributed by atoms with Gasteiger partial charge in [0.05, 0.1) is 5.56 Å². The van der Waals surface area contributed by atoms with Crippen molar-refractivity contribution in [2.24, 2.45) is 11.7 Å². The van der Waals surface area contributed by atoms with Gasteiger partial charge in [-0.05, 0) is 60.4 Å². The largest absolute Gasteiger partial charge is 0.483 e. The molecule has 1 unspecified atom stereocenters. The number of anilines is 1. The van der Waals surface area contributed by atoms with Crippen LogP contribution in [0.2, 0.25) is 0 Å². The number of fused-ring (bicyclic) bond motifs is 1. The van der Waals surface area contributed by atoms with E-state index in [-0.39, 0.29) is 18.4 Å². The van der Waals surface area contributed by atoms with Crippen molar-refractivity contribution in [3.63, 3.8) is 0 Å². The Balaban J connectivity index is 1.73. The summed E-state index contributed by atoms with van der Waals surface area (Å²) >= 11 is 4.92. The number of ether oxygens (including phenoxy) is 1. The van der Waals surface area contributed by atoms with E-state index in [9.17, 15) is 9.59 Å². The van der Waals surface area contributed by atoms with Crippen LogP contribution in [0.25, 0.3) is 0 Å². The van der Waals surface area contributed by atoms with Crippen molar-refractivity contribution in [1.82, 2.24) is 0 Å². The number of rotatable bonds is 6. The summed E-state index contributed by atoms with van der Waals surface area (Å²) in [4.78, 5) is 25.6. The third-order valence-electron chi connectivity index (χ3n) is 4.96. The summed E-state index contributed by atoms with van der Waals surface area (Å²) in [5.41, 5.74) is 8.10. The Kier molecular flexibility index (Phi) is 6.45. The van der Waals surface area contributed by atoms with Gasteiger partial charge in [-0.15, -0.1) is 11.3 Å². The Labute approximate surface area is 177 Å². The van der Waals surface area contributed by atoms with E-state index in [0.29, 0.717) is 22.2 Å². The fraction of sp³-hybridized carbons (Fsp3) is 0.429. The van der Waals surface area contributed by atoms with E-state index in [1.54, 1.807) is 0 Å². The van der Waals surface area contributed by atoms with Crippen molar-refractivity contribution in [1.29, 1.82) is 0 Å². The van der Waals surface area contributed by atoms with Crippen LogP contribution in [0.3, 0.4) is 0 Å². The molecule has 0 bridgehead atoms. The number of nitrogens with two attached hydrogens (primary N) is 1. The topological polar surface area (TPSA) is 81.4 Å². The average molecular weight is 465 g/mol. The van der Waals surface area contributed by atoms with Crippen LogP contribution in [0.1, 0.15) is 59.5 Å². The molecule has 28 heavy (non-hydrogen) atoms. The first kappa shape index (κ1) is 20.9. The van der Waals surface area contributed by atoms with E-state index in [0.717, 1.165) is 39.7 Å². The molecule has 1 aliphatic rings. The van der Waals surface area contributed by atoms with Crippen LogP contribution in [-0.2, 0) is 17.6 Å². The summed E-state index contributed by atoms with van der Waals surface area (Å²) < 4.78 is 6.73. The van der Waals surface area contributed by atoms with Crippen LogP contribution < -0.4 is 15.8 Å². The highest BCUT2D eigenvalue weighted by Crippen LogP contribution is 2.39. The normalized spacial score (nSPS) is 16.0. The van der Waals surface area contributed by atoms with Crippen LogP contribution in [0.5, 0.6) is 5.75 Å². The molecule has 3 rings (SSSR count). The van der Waals surface area contributed by atoms with Gasteiger partial charge in [0.1, 0.15) is 10.8 Å². The molecule has 0 saturated heterocycles. The first-order valence-electron chi connectivity index (χ1n) is 9.42. The zero-order valence-electron chi connectivity index (χ0n) is 16.3. The SMILES string of the molecule is CC1CCc2c(sc(NC(=O)COc3ccc(Br)cc3C(C)C)c2C(N)=O)C1. The minimum absolute atomic E-state index is 0.126. The van der Waals surface area contributed by atoms with E-state index >= 15 is 0 Å². The number of hydrogen-bond donors (Lipinski definition) is 2. The van der Waals surface area contributed by atoms with Crippen molar-refractivity contribution >= 4 is 44.1 Å². The molecular formula is C21H25BrN2O3S. The molecule has 3 N–H and O–H groups in total. The maximum atomic E-state index is 12.5. The summed E-state index contributed by atoms with van der Waals surface area (Å²) in [5, 5.41) is 3.38. The molecule has 1 aromatic heterocycles. The molecule has 2 aromatic rings. The molecule has 0 radical (unpaired) electrons. The number of nitrogens with one attached hydrogen (secondary N) is 1. The van der Waals surface area contributed by atoms with E-state index in [2.05, 4.69) is 42.0 Å². The van der Waals surface area contributed by atoms with Gasteiger partial charge in [-0.2, -0.15) is 0 Å². The van der Waals surface area contributed by atoms with Crippen LogP contribution >= 0.6 is 27.3 Å². The molecule has 0 saturated carbocycles. The van der Waals surface area contributed by atoms with Crippen LogP contribution in [0.4, 0.5) is 5.00 Å². The van der Waals surface area contributed by atoms with Crippen LogP contribution in [0.15, 0.2) is 22.7 Å². The standard InChI is InChI=1S/C21H25BrN2O3S/c1-11(2)15-9-13(22)5-7-16(15)27-10-18(25)24-21-19(20(23)26)14-6-4-12(3)8-17(14)28-21/h5,7,9,11-12H,4,6,8,10H2,1-3H3,(H2,23,26)(H,24,25). The molecule has 0 spiro atoms. The van der Waals surface area contributed by atoms with Gasteiger partial charge in [-0.1, -0.05) is 36.7 Å². The summed E-state index contributed by atoms with van der Waals surface area (Å²) in [6.45, 7) is 6.22. The second-order valence-corrected chi connectivity index (χ2v) is 9.61. The first-order valence-corrected chi connectivity index (χ1v) is 11.0. The fourth-order valence-electron chi connectivity index (χ4n) is 3.51. The van der Waals surface area contributed by atoms with Crippen molar-refractivity contribution in [3.05, 3.63) is 44.2 Å². The van der Waals surface area contributed by atoms with Gasteiger partial charge in [0.2, 0.25) is 0 Å². The molecule has 1 heterocycles. The van der Waals surface area contributed by atoms with Crippen molar-refractivity contribution in [2.45, 2.75) is 46.0 Å². The smallest absolute Gasteiger partial charge is 0.262 e. The second kappa shape index (κ2) is 8.66. The molecule has 150 valence electrons. The van der Waals surface area contributed by atoms with Crippen molar-refractivity contribution in [2.75, 3.05) is 11.9 Å². The lowest BCUT2D eigenvalue weighted by molar-refractivity contribution is -0.118. The molecular weight excluding hydrogens is 440 g/mol. The van der Waals surface area contributed by atoms with Gasteiger partial charge in [0.25, 0.3) is 11.8 Å². The second-order valence-electron chi connectivity index (χ2n) is 7.59. The predicted octanol–water partition coefficient (Wildman–Crippen LogP) is 4.88. The van der Waals surface area contributed by atoms with Crippen LogP contribution in [0, 0.1) is 5.92 Å². The third kappa shape index (κ3) is 4.58. The van der Waals surface area contributed by atoms with E-state index in [4.69, 9.17) is 10.5 Å². The lowest BCUT2D eigenvalue weighted by Crippen LogP contribution is -2.23. The quantitative estimate of drug-likeness (QED) is 0.639. The first-order chi connectivity index (χ1) is 13.3. The highest BCUT2D eigenvalue weighted by Gasteiger charge is 2.27. The summed E-state index contributed by atoms with van der Waals surface area (Å²) in [6.07, 6.45) is 2.78. The van der Waals surface area contributed by atoms with E-state index in [1.165, 1.54) is 11.3 Å². The lowest BCUT2D eigenvalue weighted by atomic mass is 9.88. The van der Waals surface area contributed by atoms with E-state index < -0.39 is 5.91 Å². The fourth-order valence-corrected chi connectivity index (χ4v) is 5.32. The number of carbonyl (C=O) groups excluding carboxylic acids is 2. The average Bonchev–Trinajstić information content (AvgIpc) is 2.97. The summed E-state index contributed by atoms with van der Waals surface area (Å²) in [5.74, 6) is 0.737. The number of amides is 2. The van der Waals surface area contributed by atoms with Gasteiger partial charge in [-0.3, -0.25) is 9.59 Å². The molecule has 1 aromatic carbocycles. The minimum atomic E-state index is -0.488. The number of carbonyl (C=O) groups is 2. The van der Waals surface area contributed by atoms with Gasteiger partial charge in [-0.25, -0.2) is 0 Å². The highest BCUT2D eigenvalue weighted by atomic mass is 79.9. The Morgan fingerprint density at radius 1 is 1.39 bits per heavy atom. The Morgan fingerprint density at radius 3 is 2.82 bits per heavy atom. The maximum absolute atomic E-state index is 12.5. The highest BCUT2D eigenvalue weighted by molar-refractivity contribution is 9.10. The van der Waals surface area contributed by atoms with Gasteiger partial charge in [0, 0.05) is 9.35 Å². The summed E-state index contributed by atoms with van der Waals surface area (Å²) in [6, 6.07) is 5.74. The Bertz CT molecular complexity index is 907. The van der Waals surface area contributed by atoms with Gasteiger partial charge in [0.15, 0.2) is 6.61 Å². The number of benzene rings is 1. The number of halogens is 1. The number of thiophene rings is 1. The van der Waals surface area contributed by atoms with Gasteiger partial charge < -0.3 is 15.8 Å². The molecule has 2 amide bonds. The molecule has 1 atom stereocenters. The Morgan fingerprint density at radius 2 is 2.14 bits per heavy atom. The third-order valence-corrected chi connectivity index (χ3v) is 6.63. The zero-order chi connectivity index (χ0) is 20.4. The van der Waals surface area contributed by atoms with Crippen LogP contribution in [-0.4, -0.2) is 18.4 Å². The van der Waals surface area contributed by atoms with Crippen molar-refractivity contribution in [3.8, 4) is 5.75 Å². The minimum Gasteiger partial charge on any atom is -0.483 e. The molecule has 7 heteroatoms. The lowest BCUT2D eigenvalue weighted by Gasteiger charge is -2.18. The Hall–Kier alpha value is -1.86. The monoisotopic (exact) mass is 464 g/mol. The van der Waals surface area contributed by atoms with E-state index in [1.807, 2.05) is 18.2 Å². The molecule has 5 nitrogen and oxygen atoms in total. The zero-order valence-corrected chi connectivity index (χ0v) is 18.7. The maximum Gasteiger partial charge on any atom is 0.262 e.